The number of amides is 1. The van der Waals surface area contributed by atoms with E-state index in [0.29, 0.717) is 19.8 Å². The van der Waals surface area contributed by atoms with Gasteiger partial charge in [-0.15, -0.1) is 0 Å². The number of carbonyl (C=O) groups is 1. The Bertz CT molecular complexity index is 537. The van der Waals surface area contributed by atoms with Gasteiger partial charge in [-0.3, -0.25) is 4.79 Å². The average Bonchev–Trinajstić information content (AvgIpc) is 2.88. The first kappa shape index (κ1) is 12.2. The fourth-order valence-corrected chi connectivity index (χ4v) is 2.52. The molecule has 100 valence electrons. The number of rotatable bonds is 3. The minimum absolute atomic E-state index is 0.109. The van der Waals surface area contributed by atoms with Crippen LogP contribution in [0.15, 0.2) is 30.3 Å². The Kier molecular flexibility index (Phi) is 3.51. The molecule has 1 amide bonds. The van der Waals surface area contributed by atoms with Crippen molar-refractivity contribution in [2.75, 3.05) is 13.2 Å². The summed E-state index contributed by atoms with van der Waals surface area (Å²) >= 11 is 0. The summed E-state index contributed by atoms with van der Waals surface area (Å²) in [4.78, 5) is 15.3. The van der Waals surface area contributed by atoms with Crippen molar-refractivity contribution in [2.24, 2.45) is 5.92 Å². The molecule has 1 aromatic heterocycles. The molecule has 4 nitrogen and oxygen atoms in total. The molecule has 1 aliphatic heterocycles. The molecule has 0 bridgehead atoms. The highest BCUT2D eigenvalue weighted by Crippen LogP contribution is 2.16. The normalized spacial score (nSPS) is 16.6. The molecule has 0 aliphatic carbocycles. The zero-order chi connectivity index (χ0) is 13.1. The van der Waals surface area contributed by atoms with Gasteiger partial charge in [0.05, 0.1) is 6.54 Å². The van der Waals surface area contributed by atoms with Gasteiger partial charge in [0.25, 0.3) is 0 Å². The monoisotopic (exact) mass is 258 g/mol. The molecular weight excluding hydrogens is 240 g/mol. The first-order valence-electron chi connectivity index (χ1n) is 6.75. The number of para-hydroxylation sites is 1. The number of carbonyl (C=O) groups excluding carboxylic acids is 1. The number of ether oxygens (including phenoxy) is 1. The Morgan fingerprint density at radius 1 is 1.32 bits per heavy atom. The summed E-state index contributed by atoms with van der Waals surface area (Å²) in [5.41, 5.74) is 2.15. The first-order chi connectivity index (χ1) is 9.33. The summed E-state index contributed by atoms with van der Waals surface area (Å²) < 4.78 is 5.27. The van der Waals surface area contributed by atoms with Gasteiger partial charge in [-0.2, -0.15) is 0 Å². The van der Waals surface area contributed by atoms with Gasteiger partial charge >= 0.3 is 0 Å². The SMILES string of the molecule is O=C(NCc1cc2ccccc2[nH]1)C1CCOCC1. The van der Waals surface area contributed by atoms with E-state index in [1.165, 1.54) is 5.39 Å². The van der Waals surface area contributed by atoms with Crippen molar-refractivity contribution >= 4 is 16.8 Å². The second kappa shape index (κ2) is 5.45. The fourth-order valence-electron chi connectivity index (χ4n) is 2.52. The molecule has 4 heteroatoms. The van der Waals surface area contributed by atoms with E-state index in [9.17, 15) is 4.79 Å². The van der Waals surface area contributed by atoms with Crippen molar-refractivity contribution < 1.29 is 9.53 Å². The number of hydrogen-bond acceptors (Lipinski definition) is 2. The second-order valence-corrected chi connectivity index (χ2v) is 4.99. The van der Waals surface area contributed by atoms with Crippen LogP contribution in [-0.4, -0.2) is 24.1 Å². The number of nitrogens with one attached hydrogen (secondary N) is 2. The van der Waals surface area contributed by atoms with Crippen LogP contribution < -0.4 is 5.32 Å². The van der Waals surface area contributed by atoms with E-state index >= 15 is 0 Å². The van der Waals surface area contributed by atoms with Crippen molar-refractivity contribution in [1.29, 1.82) is 0 Å². The summed E-state index contributed by atoms with van der Waals surface area (Å²) in [6.45, 7) is 1.96. The molecule has 2 N–H and O–H groups in total. The minimum atomic E-state index is 0.109. The zero-order valence-electron chi connectivity index (χ0n) is 10.8. The highest BCUT2D eigenvalue weighted by Gasteiger charge is 2.21. The van der Waals surface area contributed by atoms with Crippen molar-refractivity contribution in [2.45, 2.75) is 19.4 Å². The van der Waals surface area contributed by atoms with Crippen LogP contribution >= 0.6 is 0 Å². The molecule has 1 aliphatic rings. The van der Waals surface area contributed by atoms with Crippen molar-refractivity contribution in [3.63, 3.8) is 0 Å². The number of benzene rings is 1. The maximum atomic E-state index is 12.0. The quantitative estimate of drug-likeness (QED) is 0.887. The smallest absolute Gasteiger partial charge is 0.223 e. The molecule has 3 rings (SSSR count). The third-order valence-electron chi connectivity index (χ3n) is 3.63. The Hall–Kier alpha value is -1.81. The van der Waals surface area contributed by atoms with Gasteiger partial charge in [0.15, 0.2) is 0 Å². The minimum Gasteiger partial charge on any atom is -0.381 e. The van der Waals surface area contributed by atoms with Crippen LogP contribution in [-0.2, 0) is 16.1 Å². The summed E-state index contributed by atoms with van der Waals surface area (Å²) in [5, 5.41) is 4.18. The van der Waals surface area contributed by atoms with Crippen LogP contribution in [0, 0.1) is 5.92 Å². The van der Waals surface area contributed by atoms with Crippen LogP contribution in [0.2, 0.25) is 0 Å². The number of H-pyrrole nitrogens is 1. The van der Waals surface area contributed by atoms with Crippen LogP contribution in [0.1, 0.15) is 18.5 Å². The lowest BCUT2D eigenvalue weighted by atomic mass is 9.99. The molecule has 19 heavy (non-hydrogen) atoms. The topological polar surface area (TPSA) is 54.1 Å². The van der Waals surface area contributed by atoms with Gasteiger partial charge in [0.1, 0.15) is 0 Å². The van der Waals surface area contributed by atoms with E-state index in [1.54, 1.807) is 0 Å². The lowest BCUT2D eigenvalue weighted by molar-refractivity contribution is -0.128. The Morgan fingerprint density at radius 2 is 2.11 bits per heavy atom. The third-order valence-corrected chi connectivity index (χ3v) is 3.63. The van der Waals surface area contributed by atoms with Gasteiger partial charge in [-0.1, -0.05) is 18.2 Å². The van der Waals surface area contributed by atoms with Crippen LogP contribution in [0.5, 0.6) is 0 Å². The van der Waals surface area contributed by atoms with Crippen molar-refractivity contribution in [3.05, 3.63) is 36.0 Å². The van der Waals surface area contributed by atoms with E-state index < -0.39 is 0 Å². The predicted octanol–water partition coefficient (Wildman–Crippen LogP) is 2.21. The van der Waals surface area contributed by atoms with Crippen molar-refractivity contribution in [3.8, 4) is 0 Å². The lowest BCUT2D eigenvalue weighted by Gasteiger charge is -2.20. The summed E-state index contributed by atoms with van der Waals surface area (Å²) in [5.74, 6) is 0.250. The lowest BCUT2D eigenvalue weighted by Crippen LogP contribution is -2.33. The predicted molar refractivity (Wildman–Crippen MR) is 73.7 cm³/mol. The Morgan fingerprint density at radius 3 is 2.89 bits per heavy atom. The maximum Gasteiger partial charge on any atom is 0.223 e. The third kappa shape index (κ3) is 2.79. The molecule has 0 saturated carbocycles. The molecule has 1 aromatic carbocycles. The molecular formula is C15H18N2O2. The van der Waals surface area contributed by atoms with E-state index in [4.69, 9.17) is 4.74 Å². The summed E-state index contributed by atoms with van der Waals surface area (Å²) in [7, 11) is 0. The van der Waals surface area contributed by atoms with Crippen LogP contribution in [0.25, 0.3) is 10.9 Å². The highest BCUT2D eigenvalue weighted by molar-refractivity contribution is 5.81. The van der Waals surface area contributed by atoms with Gasteiger partial charge in [0.2, 0.25) is 5.91 Å². The van der Waals surface area contributed by atoms with E-state index in [2.05, 4.69) is 22.4 Å². The standard InChI is InChI=1S/C15H18N2O2/c18-15(11-5-7-19-8-6-11)16-10-13-9-12-3-1-2-4-14(12)17-13/h1-4,9,11,17H,5-8,10H2,(H,16,18). The first-order valence-corrected chi connectivity index (χ1v) is 6.75. The molecule has 0 unspecified atom stereocenters. The maximum absolute atomic E-state index is 12.0. The van der Waals surface area contributed by atoms with Gasteiger partial charge in [0, 0.05) is 30.3 Å². The van der Waals surface area contributed by atoms with Crippen LogP contribution in [0.3, 0.4) is 0 Å². The molecule has 1 saturated heterocycles. The van der Waals surface area contributed by atoms with E-state index in [-0.39, 0.29) is 11.8 Å². The highest BCUT2D eigenvalue weighted by atomic mass is 16.5. The molecule has 1 fully saturated rings. The average molecular weight is 258 g/mol. The van der Waals surface area contributed by atoms with Gasteiger partial charge in [-0.25, -0.2) is 0 Å². The number of hydrogen-bond donors (Lipinski definition) is 2. The van der Waals surface area contributed by atoms with E-state index in [1.807, 2.05) is 18.2 Å². The van der Waals surface area contributed by atoms with E-state index in [0.717, 1.165) is 24.1 Å². The molecule has 2 aromatic rings. The Balaban J connectivity index is 1.60. The number of fused-ring (bicyclic) bond motifs is 1. The summed E-state index contributed by atoms with van der Waals surface area (Å²) in [6.07, 6.45) is 1.66. The number of aromatic nitrogens is 1. The number of aromatic amines is 1. The summed E-state index contributed by atoms with van der Waals surface area (Å²) in [6, 6.07) is 10.2. The molecule has 2 heterocycles. The fraction of sp³-hybridized carbons (Fsp3) is 0.400. The van der Waals surface area contributed by atoms with Gasteiger partial charge in [-0.05, 0) is 30.4 Å². The zero-order valence-corrected chi connectivity index (χ0v) is 10.8. The van der Waals surface area contributed by atoms with Gasteiger partial charge < -0.3 is 15.0 Å². The second-order valence-electron chi connectivity index (χ2n) is 4.99. The molecule has 0 radical (unpaired) electrons. The molecule has 0 spiro atoms. The van der Waals surface area contributed by atoms with Crippen molar-refractivity contribution in [1.82, 2.24) is 10.3 Å². The largest absolute Gasteiger partial charge is 0.381 e. The molecule has 0 atom stereocenters. The van der Waals surface area contributed by atoms with Crippen LogP contribution in [0.4, 0.5) is 0 Å². The Labute approximate surface area is 112 Å².